The number of halogens is 1. The summed E-state index contributed by atoms with van der Waals surface area (Å²) < 4.78 is 0. The molecule has 2 N–H and O–H groups in total. The number of hydrogen-bond donors (Lipinski definition) is 2. The van der Waals surface area contributed by atoms with Gasteiger partial charge < -0.3 is 10.4 Å². The average Bonchev–Trinajstić information content (AvgIpc) is 2.19. The van der Waals surface area contributed by atoms with Crippen molar-refractivity contribution in [2.24, 2.45) is 0 Å². The maximum absolute atomic E-state index is 10.3. The van der Waals surface area contributed by atoms with E-state index in [1.54, 1.807) is 12.1 Å². The highest BCUT2D eigenvalue weighted by Crippen LogP contribution is 2.09. The van der Waals surface area contributed by atoms with Crippen molar-refractivity contribution in [3.63, 3.8) is 0 Å². The van der Waals surface area contributed by atoms with Crippen molar-refractivity contribution >= 4 is 23.4 Å². The molecule has 0 bridgehead atoms. The van der Waals surface area contributed by atoms with Crippen LogP contribution in [0.1, 0.15) is 19.8 Å². The van der Waals surface area contributed by atoms with Crippen LogP contribution in [0.15, 0.2) is 12.1 Å². The standard InChI is InChI=1S/C9H12ClN3O2/c1-6(2-5-9(14)15)11-8-4-3-7(10)12-13-8/h3-4,6H,2,5H2,1H3,(H,11,13)(H,14,15). The smallest absolute Gasteiger partial charge is 0.303 e. The normalized spacial score (nSPS) is 12.1. The summed E-state index contributed by atoms with van der Waals surface area (Å²) in [6.45, 7) is 1.89. The van der Waals surface area contributed by atoms with Crippen LogP contribution in [0.25, 0.3) is 0 Å². The zero-order valence-electron chi connectivity index (χ0n) is 8.27. The van der Waals surface area contributed by atoms with Crippen LogP contribution in [0.2, 0.25) is 5.15 Å². The Morgan fingerprint density at radius 2 is 2.33 bits per heavy atom. The number of aliphatic carboxylic acids is 1. The Morgan fingerprint density at radius 1 is 1.60 bits per heavy atom. The first-order chi connectivity index (χ1) is 7.08. The van der Waals surface area contributed by atoms with Crippen LogP contribution < -0.4 is 5.32 Å². The number of anilines is 1. The van der Waals surface area contributed by atoms with Gasteiger partial charge in [0, 0.05) is 12.5 Å². The highest BCUT2D eigenvalue weighted by molar-refractivity contribution is 6.29. The third-order valence-corrected chi connectivity index (χ3v) is 2.02. The van der Waals surface area contributed by atoms with Crippen LogP contribution in [0, 0.1) is 0 Å². The van der Waals surface area contributed by atoms with Crippen molar-refractivity contribution in [1.29, 1.82) is 0 Å². The molecule has 1 atom stereocenters. The lowest BCUT2D eigenvalue weighted by Gasteiger charge is -2.12. The van der Waals surface area contributed by atoms with Crippen molar-refractivity contribution in [1.82, 2.24) is 10.2 Å². The maximum Gasteiger partial charge on any atom is 0.303 e. The summed E-state index contributed by atoms with van der Waals surface area (Å²) in [5, 5.41) is 19.3. The molecule has 0 amide bonds. The van der Waals surface area contributed by atoms with E-state index in [9.17, 15) is 4.79 Å². The van der Waals surface area contributed by atoms with Crippen molar-refractivity contribution < 1.29 is 9.90 Å². The molecule has 0 aliphatic carbocycles. The zero-order valence-corrected chi connectivity index (χ0v) is 9.03. The first-order valence-electron chi connectivity index (χ1n) is 4.55. The summed E-state index contributed by atoms with van der Waals surface area (Å²) in [6.07, 6.45) is 0.675. The highest BCUT2D eigenvalue weighted by Gasteiger charge is 2.05. The molecule has 1 aromatic rings. The molecule has 1 rings (SSSR count). The minimum Gasteiger partial charge on any atom is -0.481 e. The van der Waals surface area contributed by atoms with E-state index in [2.05, 4.69) is 15.5 Å². The summed E-state index contributed by atoms with van der Waals surface area (Å²) in [5.74, 6) is -0.205. The van der Waals surface area contributed by atoms with Gasteiger partial charge in [0.15, 0.2) is 5.15 Å². The summed E-state index contributed by atoms with van der Waals surface area (Å²) in [6, 6.07) is 3.37. The molecule has 0 saturated heterocycles. The van der Waals surface area contributed by atoms with E-state index in [0.29, 0.717) is 17.4 Å². The van der Waals surface area contributed by atoms with Gasteiger partial charge in [-0.05, 0) is 25.5 Å². The van der Waals surface area contributed by atoms with Gasteiger partial charge in [0.05, 0.1) is 0 Å². The molecule has 0 saturated carbocycles. The van der Waals surface area contributed by atoms with E-state index in [1.165, 1.54) is 0 Å². The Hall–Kier alpha value is -1.36. The van der Waals surface area contributed by atoms with E-state index in [4.69, 9.17) is 16.7 Å². The molecule has 0 radical (unpaired) electrons. The van der Waals surface area contributed by atoms with E-state index in [1.807, 2.05) is 6.92 Å². The summed E-state index contributed by atoms with van der Waals surface area (Å²) in [5.41, 5.74) is 0. The highest BCUT2D eigenvalue weighted by atomic mass is 35.5. The summed E-state index contributed by atoms with van der Waals surface area (Å²) in [7, 11) is 0. The van der Waals surface area contributed by atoms with Crippen LogP contribution >= 0.6 is 11.6 Å². The fraction of sp³-hybridized carbons (Fsp3) is 0.444. The molecule has 0 aromatic carbocycles. The van der Waals surface area contributed by atoms with Gasteiger partial charge in [-0.1, -0.05) is 11.6 Å². The molecule has 6 heteroatoms. The van der Waals surface area contributed by atoms with Gasteiger partial charge in [-0.3, -0.25) is 4.79 Å². The Bertz CT molecular complexity index is 329. The van der Waals surface area contributed by atoms with Crippen LogP contribution in [-0.2, 0) is 4.79 Å². The van der Waals surface area contributed by atoms with Crippen LogP contribution in [0.5, 0.6) is 0 Å². The number of nitrogens with zero attached hydrogens (tertiary/aromatic N) is 2. The number of hydrogen-bond acceptors (Lipinski definition) is 4. The number of aromatic nitrogens is 2. The van der Waals surface area contributed by atoms with E-state index < -0.39 is 5.97 Å². The molecule has 1 aromatic heterocycles. The van der Waals surface area contributed by atoms with Gasteiger partial charge in [-0.15, -0.1) is 10.2 Å². The average molecular weight is 230 g/mol. The molecule has 0 spiro atoms. The van der Waals surface area contributed by atoms with Gasteiger partial charge in [-0.25, -0.2) is 0 Å². The number of rotatable bonds is 5. The van der Waals surface area contributed by atoms with Crippen LogP contribution in [0.3, 0.4) is 0 Å². The minimum absolute atomic E-state index is 0.0385. The minimum atomic E-state index is -0.800. The van der Waals surface area contributed by atoms with Gasteiger partial charge in [-0.2, -0.15) is 0 Å². The maximum atomic E-state index is 10.3. The Labute approximate surface area is 92.5 Å². The fourth-order valence-corrected chi connectivity index (χ4v) is 1.16. The molecule has 15 heavy (non-hydrogen) atoms. The third kappa shape index (κ3) is 4.60. The van der Waals surface area contributed by atoms with Gasteiger partial charge >= 0.3 is 5.97 Å². The SMILES string of the molecule is CC(CCC(=O)O)Nc1ccc(Cl)nn1. The second-order valence-corrected chi connectivity index (χ2v) is 3.61. The van der Waals surface area contributed by atoms with E-state index in [-0.39, 0.29) is 12.5 Å². The predicted octanol–water partition coefficient (Wildman–Crippen LogP) is 1.80. The fourth-order valence-electron chi connectivity index (χ4n) is 1.06. The first-order valence-corrected chi connectivity index (χ1v) is 4.93. The molecule has 0 aliphatic heterocycles. The quantitative estimate of drug-likeness (QED) is 0.805. The molecular weight excluding hydrogens is 218 g/mol. The Morgan fingerprint density at radius 3 is 2.87 bits per heavy atom. The van der Waals surface area contributed by atoms with Crippen molar-refractivity contribution in [2.45, 2.75) is 25.8 Å². The zero-order chi connectivity index (χ0) is 11.3. The third-order valence-electron chi connectivity index (χ3n) is 1.82. The van der Waals surface area contributed by atoms with Crippen molar-refractivity contribution in [2.75, 3.05) is 5.32 Å². The van der Waals surface area contributed by atoms with Crippen LogP contribution in [-0.4, -0.2) is 27.3 Å². The predicted molar refractivity (Wildman–Crippen MR) is 57.0 cm³/mol. The lowest BCUT2D eigenvalue weighted by molar-refractivity contribution is -0.137. The number of carboxylic acid groups (broad SMARTS) is 1. The molecule has 82 valence electrons. The monoisotopic (exact) mass is 229 g/mol. The van der Waals surface area contributed by atoms with E-state index >= 15 is 0 Å². The molecule has 5 nitrogen and oxygen atoms in total. The molecule has 1 heterocycles. The molecular formula is C9H12ClN3O2. The van der Waals surface area contributed by atoms with Crippen molar-refractivity contribution in [3.05, 3.63) is 17.3 Å². The van der Waals surface area contributed by atoms with E-state index in [0.717, 1.165) is 0 Å². The Kier molecular flexibility index (Phi) is 4.30. The second-order valence-electron chi connectivity index (χ2n) is 3.22. The van der Waals surface area contributed by atoms with Crippen molar-refractivity contribution in [3.8, 4) is 0 Å². The van der Waals surface area contributed by atoms with Gasteiger partial charge in [0.1, 0.15) is 5.82 Å². The number of carbonyl (C=O) groups is 1. The number of carboxylic acids is 1. The largest absolute Gasteiger partial charge is 0.481 e. The molecule has 0 aliphatic rings. The lowest BCUT2D eigenvalue weighted by atomic mass is 10.2. The Balaban J connectivity index is 2.40. The van der Waals surface area contributed by atoms with Gasteiger partial charge in [0.2, 0.25) is 0 Å². The summed E-state index contributed by atoms with van der Waals surface area (Å²) >= 11 is 5.57. The number of nitrogens with one attached hydrogen (secondary N) is 1. The van der Waals surface area contributed by atoms with Gasteiger partial charge in [0.25, 0.3) is 0 Å². The molecule has 1 unspecified atom stereocenters. The molecule has 0 fully saturated rings. The second kappa shape index (κ2) is 5.50. The van der Waals surface area contributed by atoms with Crippen LogP contribution in [0.4, 0.5) is 5.82 Å². The first kappa shape index (κ1) is 11.7. The lowest BCUT2D eigenvalue weighted by Crippen LogP contribution is -2.17. The summed E-state index contributed by atoms with van der Waals surface area (Å²) in [4.78, 5) is 10.3. The topological polar surface area (TPSA) is 75.1 Å².